The molecule has 0 fully saturated rings. The van der Waals surface area contributed by atoms with Gasteiger partial charge in [0.2, 0.25) is 0 Å². The van der Waals surface area contributed by atoms with Gasteiger partial charge in [-0.25, -0.2) is 4.68 Å². The van der Waals surface area contributed by atoms with E-state index in [0.29, 0.717) is 0 Å². The highest BCUT2D eigenvalue weighted by Gasteiger charge is 2.03. The first-order valence-corrected chi connectivity index (χ1v) is 5.08. The van der Waals surface area contributed by atoms with Gasteiger partial charge >= 0.3 is 0 Å². The number of H-pyrrole nitrogens is 1. The molecule has 0 spiro atoms. The molecule has 15 heavy (non-hydrogen) atoms. The summed E-state index contributed by atoms with van der Waals surface area (Å²) < 4.78 is 1.58. The molecular weight excluding hydrogens is 188 g/mol. The fourth-order valence-corrected chi connectivity index (χ4v) is 1.58. The first-order valence-electron chi connectivity index (χ1n) is 5.08. The minimum absolute atomic E-state index is 0.00236. The number of hydrogen-bond acceptors (Lipinski definition) is 1. The Labute approximate surface area is 88.4 Å². The van der Waals surface area contributed by atoms with Gasteiger partial charge in [-0.1, -0.05) is 19.1 Å². The van der Waals surface area contributed by atoms with E-state index < -0.39 is 0 Å². The van der Waals surface area contributed by atoms with E-state index in [9.17, 15) is 4.79 Å². The van der Waals surface area contributed by atoms with Crippen molar-refractivity contribution in [2.24, 2.45) is 0 Å². The maximum absolute atomic E-state index is 11.6. The molecule has 0 aliphatic carbocycles. The van der Waals surface area contributed by atoms with Gasteiger partial charge < -0.3 is 0 Å². The Balaban J connectivity index is 2.54. The van der Waals surface area contributed by atoms with Crippen molar-refractivity contribution in [2.75, 3.05) is 0 Å². The van der Waals surface area contributed by atoms with E-state index in [1.807, 2.05) is 38.1 Å². The van der Waals surface area contributed by atoms with Gasteiger partial charge in [0.1, 0.15) is 0 Å². The molecule has 1 N–H and O–H groups in total. The number of hydrogen-bond donors (Lipinski definition) is 1. The monoisotopic (exact) mass is 202 g/mol. The Hall–Kier alpha value is -1.77. The highest BCUT2D eigenvalue weighted by Crippen LogP contribution is 2.07. The van der Waals surface area contributed by atoms with Crippen LogP contribution in [0.5, 0.6) is 0 Å². The Morgan fingerprint density at radius 1 is 1.33 bits per heavy atom. The first-order chi connectivity index (χ1) is 7.20. The highest BCUT2D eigenvalue weighted by molar-refractivity contribution is 5.34. The van der Waals surface area contributed by atoms with Crippen LogP contribution in [-0.2, 0) is 6.42 Å². The lowest BCUT2D eigenvalue weighted by Gasteiger charge is -2.02. The molecule has 0 saturated heterocycles. The molecule has 1 aromatic heterocycles. The third kappa shape index (κ3) is 1.86. The SMILES string of the molecule is CCc1cc(=O)n(-c2cccc(C)c2)[nH]1. The van der Waals surface area contributed by atoms with E-state index in [1.54, 1.807) is 10.7 Å². The van der Waals surface area contributed by atoms with Crippen LogP contribution in [0.4, 0.5) is 0 Å². The molecule has 0 aliphatic rings. The third-order valence-electron chi connectivity index (χ3n) is 2.41. The quantitative estimate of drug-likeness (QED) is 0.795. The summed E-state index contributed by atoms with van der Waals surface area (Å²) in [5, 5.41) is 3.08. The molecule has 0 atom stereocenters. The van der Waals surface area contributed by atoms with E-state index in [0.717, 1.165) is 23.4 Å². The minimum atomic E-state index is -0.00236. The smallest absolute Gasteiger partial charge is 0.271 e. The van der Waals surface area contributed by atoms with Crippen LogP contribution < -0.4 is 5.56 Å². The van der Waals surface area contributed by atoms with Crippen LogP contribution >= 0.6 is 0 Å². The maximum atomic E-state index is 11.6. The number of nitrogens with zero attached hydrogens (tertiary/aromatic N) is 1. The summed E-state index contributed by atoms with van der Waals surface area (Å²) in [6, 6.07) is 9.51. The summed E-state index contributed by atoms with van der Waals surface area (Å²) in [6.45, 7) is 4.03. The fraction of sp³-hybridized carbons (Fsp3) is 0.250. The molecule has 0 amide bonds. The summed E-state index contributed by atoms with van der Waals surface area (Å²) in [6.07, 6.45) is 0.841. The molecule has 0 radical (unpaired) electrons. The van der Waals surface area contributed by atoms with Crippen LogP contribution in [0.15, 0.2) is 35.1 Å². The lowest BCUT2D eigenvalue weighted by Crippen LogP contribution is -2.13. The van der Waals surface area contributed by atoms with Crippen molar-refractivity contribution >= 4 is 0 Å². The molecular formula is C12H14N2O. The van der Waals surface area contributed by atoms with E-state index >= 15 is 0 Å². The molecule has 2 aromatic rings. The third-order valence-corrected chi connectivity index (χ3v) is 2.41. The number of aromatic nitrogens is 2. The van der Waals surface area contributed by atoms with Gasteiger partial charge in [0.15, 0.2) is 0 Å². The second-order valence-electron chi connectivity index (χ2n) is 3.65. The maximum Gasteiger partial charge on any atom is 0.271 e. The van der Waals surface area contributed by atoms with Crippen molar-refractivity contribution in [3.63, 3.8) is 0 Å². The van der Waals surface area contributed by atoms with Crippen LogP contribution in [0.1, 0.15) is 18.2 Å². The second-order valence-corrected chi connectivity index (χ2v) is 3.65. The number of aryl methyl sites for hydroxylation is 2. The predicted molar refractivity (Wildman–Crippen MR) is 60.5 cm³/mol. The largest absolute Gasteiger partial charge is 0.295 e. The van der Waals surface area contributed by atoms with E-state index in [1.165, 1.54) is 0 Å². The van der Waals surface area contributed by atoms with Crippen LogP contribution in [0, 0.1) is 6.92 Å². The van der Waals surface area contributed by atoms with Crippen molar-refractivity contribution in [1.29, 1.82) is 0 Å². The molecule has 78 valence electrons. The van der Waals surface area contributed by atoms with Gasteiger partial charge in [0.05, 0.1) is 5.69 Å². The number of aromatic amines is 1. The van der Waals surface area contributed by atoms with Crippen molar-refractivity contribution in [3.8, 4) is 5.69 Å². The molecule has 0 aliphatic heterocycles. The van der Waals surface area contributed by atoms with Gasteiger partial charge in [-0.2, -0.15) is 0 Å². The van der Waals surface area contributed by atoms with Gasteiger partial charge in [0.25, 0.3) is 5.56 Å². The molecule has 1 aromatic carbocycles. The normalized spacial score (nSPS) is 10.5. The molecule has 0 saturated carbocycles. The van der Waals surface area contributed by atoms with E-state index in [4.69, 9.17) is 0 Å². The number of nitrogens with one attached hydrogen (secondary N) is 1. The molecule has 3 heteroatoms. The first kappa shape index (κ1) is 9.77. The summed E-state index contributed by atoms with van der Waals surface area (Å²) in [5.41, 5.74) is 2.99. The van der Waals surface area contributed by atoms with Gasteiger partial charge in [-0.15, -0.1) is 0 Å². The molecule has 0 unspecified atom stereocenters. The topological polar surface area (TPSA) is 37.8 Å². The van der Waals surface area contributed by atoms with Gasteiger partial charge in [-0.05, 0) is 31.0 Å². The van der Waals surface area contributed by atoms with Crippen molar-refractivity contribution in [3.05, 3.63) is 51.9 Å². The van der Waals surface area contributed by atoms with E-state index in [2.05, 4.69) is 5.10 Å². The Morgan fingerprint density at radius 3 is 2.73 bits per heavy atom. The molecule has 3 nitrogen and oxygen atoms in total. The highest BCUT2D eigenvalue weighted by atomic mass is 16.1. The standard InChI is InChI=1S/C12H14N2O/c1-3-10-8-12(15)14(13-10)11-6-4-5-9(2)7-11/h4-8,13H,3H2,1-2H3. The zero-order chi connectivity index (χ0) is 10.8. The minimum Gasteiger partial charge on any atom is -0.295 e. The van der Waals surface area contributed by atoms with Crippen LogP contribution in [0.2, 0.25) is 0 Å². The Morgan fingerprint density at radius 2 is 2.13 bits per heavy atom. The Bertz CT molecular complexity index is 522. The lowest BCUT2D eigenvalue weighted by molar-refractivity contribution is 0.818. The Kier molecular flexibility index (Phi) is 2.46. The summed E-state index contributed by atoms with van der Waals surface area (Å²) >= 11 is 0. The van der Waals surface area contributed by atoms with Crippen molar-refractivity contribution in [1.82, 2.24) is 9.78 Å². The summed E-state index contributed by atoms with van der Waals surface area (Å²) in [7, 11) is 0. The van der Waals surface area contributed by atoms with Crippen molar-refractivity contribution < 1.29 is 0 Å². The molecule has 0 bridgehead atoms. The van der Waals surface area contributed by atoms with Gasteiger partial charge in [-0.3, -0.25) is 9.89 Å². The second kappa shape index (κ2) is 3.77. The average Bonchev–Trinajstić information content (AvgIpc) is 2.60. The predicted octanol–water partition coefficient (Wildman–Crippen LogP) is 2.04. The fourth-order valence-electron chi connectivity index (χ4n) is 1.58. The van der Waals surface area contributed by atoms with Crippen molar-refractivity contribution in [2.45, 2.75) is 20.3 Å². The van der Waals surface area contributed by atoms with Crippen LogP contribution in [0.3, 0.4) is 0 Å². The van der Waals surface area contributed by atoms with Gasteiger partial charge in [0, 0.05) is 11.8 Å². The zero-order valence-electron chi connectivity index (χ0n) is 8.95. The summed E-state index contributed by atoms with van der Waals surface area (Å²) in [4.78, 5) is 11.6. The molecule has 1 heterocycles. The summed E-state index contributed by atoms with van der Waals surface area (Å²) in [5.74, 6) is 0. The zero-order valence-corrected chi connectivity index (χ0v) is 8.95. The molecule has 2 rings (SSSR count). The van der Waals surface area contributed by atoms with E-state index in [-0.39, 0.29) is 5.56 Å². The average molecular weight is 202 g/mol. The number of rotatable bonds is 2. The lowest BCUT2D eigenvalue weighted by atomic mass is 10.2. The van der Waals surface area contributed by atoms with Crippen LogP contribution in [-0.4, -0.2) is 9.78 Å². The number of benzene rings is 1. The van der Waals surface area contributed by atoms with Crippen LogP contribution in [0.25, 0.3) is 5.69 Å².